The van der Waals surface area contributed by atoms with E-state index in [9.17, 15) is 13.2 Å². The molecule has 1 aromatic heterocycles. The van der Waals surface area contributed by atoms with E-state index < -0.39 is 10.0 Å². The van der Waals surface area contributed by atoms with E-state index in [2.05, 4.69) is 0 Å². The summed E-state index contributed by atoms with van der Waals surface area (Å²) >= 11 is 0. The summed E-state index contributed by atoms with van der Waals surface area (Å²) in [5.74, 6) is 0.870. The lowest BCUT2D eigenvalue weighted by atomic mass is 9.96. The molecule has 0 atom stereocenters. The minimum atomic E-state index is -3.15. The van der Waals surface area contributed by atoms with Gasteiger partial charge in [-0.05, 0) is 37.8 Å². The van der Waals surface area contributed by atoms with Crippen molar-refractivity contribution in [3.05, 3.63) is 24.2 Å². The normalized spacial score (nSPS) is 21.0. The molecule has 0 spiro atoms. The van der Waals surface area contributed by atoms with Gasteiger partial charge in [-0.3, -0.25) is 4.79 Å². The van der Waals surface area contributed by atoms with E-state index in [0.717, 1.165) is 18.6 Å². The second-order valence-corrected chi connectivity index (χ2v) is 8.20. The highest BCUT2D eigenvalue weighted by molar-refractivity contribution is 7.88. The molecule has 1 amide bonds. The number of hydrogen-bond donors (Lipinski definition) is 0. The van der Waals surface area contributed by atoms with Crippen molar-refractivity contribution in [3.8, 4) is 0 Å². The third kappa shape index (κ3) is 3.52. The molecule has 7 heteroatoms. The highest BCUT2D eigenvalue weighted by atomic mass is 32.2. The van der Waals surface area contributed by atoms with Gasteiger partial charge in [0.2, 0.25) is 15.9 Å². The molecule has 2 heterocycles. The van der Waals surface area contributed by atoms with Crippen LogP contribution in [0.1, 0.15) is 31.4 Å². The zero-order chi connectivity index (χ0) is 15.7. The Kier molecular flexibility index (Phi) is 4.27. The average molecular weight is 326 g/mol. The summed E-state index contributed by atoms with van der Waals surface area (Å²) in [5, 5.41) is 0. The van der Waals surface area contributed by atoms with Crippen molar-refractivity contribution in [1.29, 1.82) is 0 Å². The lowest BCUT2D eigenvalue weighted by Gasteiger charge is -2.33. The number of carbonyl (C=O) groups is 1. The average Bonchev–Trinajstić information content (AvgIpc) is 3.20. The van der Waals surface area contributed by atoms with Crippen molar-refractivity contribution in [2.24, 2.45) is 5.92 Å². The largest absolute Gasteiger partial charge is 0.467 e. The van der Waals surface area contributed by atoms with Gasteiger partial charge in [-0.25, -0.2) is 12.7 Å². The predicted octanol–water partition coefficient (Wildman–Crippen LogP) is 1.44. The number of rotatable bonds is 5. The third-order valence-corrected chi connectivity index (χ3v) is 5.75. The number of hydrogen-bond acceptors (Lipinski definition) is 4. The number of carbonyl (C=O) groups excluding carboxylic acids is 1. The smallest absolute Gasteiger partial charge is 0.226 e. The Morgan fingerprint density at radius 2 is 2.00 bits per heavy atom. The van der Waals surface area contributed by atoms with Crippen molar-refractivity contribution < 1.29 is 17.6 Å². The van der Waals surface area contributed by atoms with E-state index in [1.807, 2.05) is 17.0 Å². The first-order valence-corrected chi connectivity index (χ1v) is 9.58. The van der Waals surface area contributed by atoms with Crippen LogP contribution in [0.2, 0.25) is 0 Å². The highest BCUT2D eigenvalue weighted by Crippen LogP contribution is 2.32. The van der Waals surface area contributed by atoms with Crippen molar-refractivity contribution in [1.82, 2.24) is 9.21 Å². The molecule has 0 unspecified atom stereocenters. The first kappa shape index (κ1) is 15.6. The Labute approximate surface area is 131 Å². The molecule has 1 saturated carbocycles. The first-order chi connectivity index (χ1) is 10.4. The van der Waals surface area contributed by atoms with E-state index in [1.165, 1.54) is 10.6 Å². The van der Waals surface area contributed by atoms with E-state index in [4.69, 9.17) is 4.42 Å². The number of furan rings is 1. The van der Waals surface area contributed by atoms with Gasteiger partial charge in [0.1, 0.15) is 5.76 Å². The van der Waals surface area contributed by atoms with Gasteiger partial charge in [0.15, 0.2) is 0 Å². The Bertz CT molecular complexity index is 614. The van der Waals surface area contributed by atoms with Gasteiger partial charge < -0.3 is 9.32 Å². The molecule has 1 aromatic rings. The molecule has 22 heavy (non-hydrogen) atoms. The van der Waals surface area contributed by atoms with Crippen molar-refractivity contribution in [2.45, 2.75) is 38.3 Å². The highest BCUT2D eigenvalue weighted by Gasteiger charge is 2.38. The van der Waals surface area contributed by atoms with E-state index in [-0.39, 0.29) is 11.8 Å². The summed E-state index contributed by atoms with van der Waals surface area (Å²) in [6, 6.07) is 4.04. The van der Waals surface area contributed by atoms with E-state index in [1.54, 1.807) is 6.26 Å². The zero-order valence-electron chi connectivity index (χ0n) is 12.8. The van der Waals surface area contributed by atoms with Crippen LogP contribution in [0.4, 0.5) is 0 Å². The number of nitrogens with zero attached hydrogens (tertiary/aromatic N) is 2. The molecule has 0 radical (unpaired) electrons. The second kappa shape index (κ2) is 6.04. The summed E-state index contributed by atoms with van der Waals surface area (Å²) < 4.78 is 29.9. The maximum absolute atomic E-state index is 12.8. The molecule has 0 N–H and O–H groups in total. The topological polar surface area (TPSA) is 70.8 Å². The Morgan fingerprint density at radius 1 is 1.32 bits per heavy atom. The number of sulfonamides is 1. The van der Waals surface area contributed by atoms with Crippen LogP contribution in [-0.2, 0) is 21.4 Å². The molecule has 2 aliphatic rings. The molecule has 0 bridgehead atoms. The van der Waals surface area contributed by atoms with Crippen LogP contribution in [0.3, 0.4) is 0 Å². The quantitative estimate of drug-likeness (QED) is 0.821. The SMILES string of the molecule is CS(=O)(=O)N1CCC(C(=O)N(Cc2ccco2)C2CC2)CC1. The van der Waals surface area contributed by atoms with Crippen LogP contribution in [0, 0.1) is 5.92 Å². The van der Waals surface area contributed by atoms with Crippen LogP contribution < -0.4 is 0 Å². The summed E-state index contributed by atoms with van der Waals surface area (Å²) in [6.45, 7) is 1.39. The molecule has 2 fully saturated rings. The summed E-state index contributed by atoms with van der Waals surface area (Å²) in [5.41, 5.74) is 0. The van der Waals surface area contributed by atoms with E-state index >= 15 is 0 Å². The third-order valence-electron chi connectivity index (χ3n) is 4.45. The van der Waals surface area contributed by atoms with Gasteiger partial charge in [0.05, 0.1) is 19.1 Å². The fraction of sp³-hybridized carbons (Fsp3) is 0.667. The Morgan fingerprint density at radius 3 is 2.50 bits per heavy atom. The summed E-state index contributed by atoms with van der Waals surface area (Å²) in [7, 11) is -3.15. The van der Waals surface area contributed by atoms with Crippen LogP contribution in [-0.4, -0.2) is 48.9 Å². The van der Waals surface area contributed by atoms with Crippen LogP contribution in [0.15, 0.2) is 22.8 Å². The van der Waals surface area contributed by atoms with Gasteiger partial charge >= 0.3 is 0 Å². The van der Waals surface area contributed by atoms with Crippen molar-refractivity contribution >= 4 is 15.9 Å². The summed E-state index contributed by atoms with van der Waals surface area (Å²) in [4.78, 5) is 14.7. The minimum Gasteiger partial charge on any atom is -0.467 e. The lowest BCUT2D eigenvalue weighted by molar-refractivity contribution is -0.138. The van der Waals surface area contributed by atoms with Crippen molar-refractivity contribution in [3.63, 3.8) is 0 Å². The molecular weight excluding hydrogens is 304 g/mol. The molecular formula is C15H22N2O4S. The molecule has 3 rings (SSSR count). The van der Waals surface area contributed by atoms with Gasteiger partial charge in [0.25, 0.3) is 0 Å². The molecule has 1 saturated heterocycles. The maximum Gasteiger partial charge on any atom is 0.226 e. The molecule has 122 valence electrons. The van der Waals surface area contributed by atoms with E-state index in [0.29, 0.717) is 38.5 Å². The predicted molar refractivity (Wildman–Crippen MR) is 81.4 cm³/mol. The fourth-order valence-corrected chi connectivity index (χ4v) is 3.89. The first-order valence-electron chi connectivity index (χ1n) is 7.73. The standard InChI is InChI=1S/C15H22N2O4S/c1-22(19,20)16-8-6-12(7-9-16)15(18)17(13-4-5-13)11-14-3-2-10-21-14/h2-3,10,12-13H,4-9,11H2,1H3. The fourth-order valence-electron chi connectivity index (χ4n) is 3.01. The van der Waals surface area contributed by atoms with Crippen LogP contribution in [0.5, 0.6) is 0 Å². The number of piperidine rings is 1. The molecule has 6 nitrogen and oxygen atoms in total. The lowest BCUT2D eigenvalue weighted by Crippen LogP contribution is -2.44. The number of amides is 1. The maximum atomic E-state index is 12.8. The monoisotopic (exact) mass is 326 g/mol. The van der Waals surface area contributed by atoms with Gasteiger partial charge in [-0.15, -0.1) is 0 Å². The molecule has 1 aliphatic carbocycles. The van der Waals surface area contributed by atoms with Crippen LogP contribution >= 0.6 is 0 Å². The van der Waals surface area contributed by atoms with Crippen LogP contribution in [0.25, 0.3) is 0 Å². The second-order valence-electron chi connectivity index (χ2n) is 6.21. The Hall–Kier alpha value is -1.34. The molecule has 1 aliphatic heterocycles. The van der Waals surface area contributed by atoms with Gasteiger partial charge in [-0.2, -0.15) is 0 Å². The Balaban J connectivity index is 1.62. The van der Waals surface area contributed by atoms with Gasteiger partial charge in [0, 0.05) is 25.0 Å². The molecule has 0 aromatic carbocycles. The minimum absolute atomic E-state index is 0.0754. The summed E-state index contributed by atoms with van der Waals surface area (Å²) in [6.07, 6.45) is 6.15. The zero-order valence-corrected chi connectivity index (χ0v) is 13.6. The van der Waals surface area contributed by atoms with Gasteiger partial charge in [-0.1, -0.05) is 0 Å². The van der Waals surface area contributed by atoms with Crippen molar-refractivity contribution in [2.75, 3.05) is 19.3 Å².